The van der Waals surface area contributed by atoms with E-state index in [1.165, 1.54) is 16.9 Å². The first-order valence-corrected chi connectivity index (χ1v) is 8.63. The predicted octanol–water partition coefficient (Wildman–Crippen LogP) is 0.691. The molecule has 0 aromatic carbocycles. The van der Waals surface area contributed by atoms with Crippen LogP contribution in [0.1, 0.15) is 12.1 Å². The van der Waals surface area contributed by atoms with Crippen LogP contribution in [0.25, 0.3) is 11.4 Å². The van der Waals surface area contributed by atoms with Gasteiger partial charge in [-0.2, -0.15) is 5.10 Å². The average molecular weight is 307 g/mol. The number of rotatable bonds is 4. The minimum absolute atomic E-state index is 0.309. The van der Waals surface area contributed by atoms with Crippen LogP contribution in [0.3, 0.4) is 0 Å². The van der Waals surface area contributed by atoms with E-state index in [9.17, 15) is 8.42 Å². The van der Waals surface area contributed by atoms with Crippen LogP contribution < -0.4 is 0 Å². The molecule has 7 nitrogen and oxygen atoms in total. The van der Waals surface area contributed by atoms with E-state index in [4.69, 9.17) is 0 Å². The zero-order chi connectivity index (χ0) is 14.9. The van der Waals surface area contributed by atoms with Gasteiger partial charge in [0.05, 0.1) is 17.6 Å². The normalized spacial score (nSPS) is 20.0. The van der Waals surface area contributed by atoms with Crippen molar-refractivity contribution in [1.29, 1.82) is 0 Å². The summed E-state index contributed by atoms with van der Waals surface area (Å²) >= 11 is 0. The smallest absolute Gasteiger partial charge is 0.211 e. The second-order valence-corrected chi connectivity index (χ2v) is 7.33. The van der Waals surface area contributed by atoms with Crippen molar-refractivity contribution in [2.75, 3.05) is 19.3 Å². The van der Waals surface area contributed by atoms with Gasteiger partial charge in [-0.05, 0) is 30.9 Å². The van der Waals surface area contributed by atoms with Crippen LogP contribution in [0.2, 0.25) is 0 Å². The summed E-state index contributed by atoms with van der Waals surface area (Å²) in [4.78, 5) is 8.51. The molecule has 3 heterocycles. The molecular weight excluding hydrogens is 290 g/mol. The lowest BCUT2D eigenvalue weighted by Crippen LogP contribution is -2.27. The summed E-state index contributed by atoms with van der Waals surface area (Å²) in [7, 11) is -3.08. The Kier molecular flexibility index (Phi) is 3.73. The lowest BCUT2D eigenvalue weighted by molar-refractivity contribution is 0.459. The van der Waals surface area contributed by atoms with Crippen LogP contribution in [0, 0.1) is 5.92 Å². The summed E-state index contributed by atoms with van der Waals surface area (Å²) in [6.07, 6.45) is 6.11. The van der Waals surface area contributed by atoms with E-state index in [1.54, 1.807) is 6.20 Å². The molecule has 0 unspecified atom stereocenters. The Hall–Kier alpha value is -1.80. The van der Waals surface area contributed by atoms with E-state index in [0.717, 1.165) is 29.9 Å². The van der Waals surface area contributed by atoms with Gasteiger partial charge in [0.25, 0.3) is 0 Å². The van der Waals surface area contributed by atoms with Crippen LogP contribution in [0.5, 0.6) is 0 Å². The second kappa shape index (κ2) is 5.53. The molecule has 1 aliphatic rings. The van der Waals surface area contributed by atoms with Crippen LogP contribution >= 0.6 is 0 Å². The number of hydrogen-bond donors (Lipinski definition) is 1. The maximum atomic E-state index is 11.5. The van der Waals surface area contributed by atoms with E-state index in [1.807, 2.05) is 12.1 Å². The summed E-state index contributed by atoms with van der Waals surface area (Å²) in [5.74, 6) is 0.309. The number of aromatic nitrogens is 4. The fourth-order valence-corrected chi connectivity index (χ4v) is 3.53. The van der Waals surface area contributed by atoms with Gasteiger partial charge in [0.2, 0.25) is 10.0 Å². The molecule has 112 valence electrons. The second-order valence-electron chi connectivity index (χ2n) is 5.34. The van der Waals surface area contributed by atoms with E-state index >= 15 is 0 Å². The quantitative estimate of drug-likeness (QED) is 0.897. The highest BCUT2D eigenvalue weighted by atomic mass is 32.2. The van der Waals surface area contributed by atoms with Crippen molar-refractivity contribution in [1.82, 2.24) is 24.5 Å². The Labute approximate surface area is 123 Å². The fourth-order valence-electron chi connectivity index (χ4n) is 2.62. The molecule has 0 saturated carbocycles. The Balaban J connectivity index is 1.71. The van der Waals surface area contributed by atoms with E-state index in [2.05, 4.69) is 20.2 Å². The van der Waals surface area contributed by atoms with Gasteiger partial charge >= 0.3 is 0 Å². The summed E-state index contributed by atoms with van der Waals surface area (Å²) in [5, 5.41) is 6.78. The zero-order valence-corrected chi connectivity index (χ0v) is 12.5. The van der Waals surface area contributed by atoms with Crippen molar-refractivity contribution >= 4 is 10.0 Å². The standard InChI is InChI=1S/C13H17N5O2S/c1-21(19,20)18-5-3-10(8-18)6-11-7-13(15-9-14-11)12-2-4-16-17-12/h2,4,7,9-10H,3,5-6,8H2,1H3,(H,16,17)/t10-/m0/s1. The molecule has 0 aliphatic carbocycles. The van der Waals surface area contributed by atoms with Gasteiger partial charge in [-0.1, -0.05) is 0 Å². The third kappa shape index (κ3) is 3.27. The molecule has 2 aromatic rings. The molecule has 1 aliphatic heterocycles. The number of hydrogen-bond acceptors (Lipinski definition) is 5. The van der Waals surface area contributed by atoms with Crippen molar-refractivity contribution in [3.05, 3.63) is 30.4 Å². The van der Waals surface area contributed by atoms with Gasteiger partial charge in [-0.3, -0.25) is 5.10 Å². The number of H-pyrrole nitrogens is 1. The predicted molar refractivity (Wildman–Crippen MR) is 77.8 cm³/mol. The largest absolute Gasteiger partial charge is 0.276 e. The maximum absolute atomic E-state index is 11.5. The Bertz CT molecular complexity index is 714. The Morgan fingerprint density at radius 1 is 1.43 bits per heavy atom. The third-order valence-electron chi connectivity index (χ3n) is 3.72. The topological polar surface area (TPSA) is 91.8 Å². The van der Waals surface area contributed by atoms with Crippen molar-refractivity contribution in [2.45, 2.75) is 12.8 Å². The number of sulfonamides is 1. The van der Waals surface area contributed by atoms with E-state index < -0.39 is 10.0 Å². The molecule has 1 saturated heterocycles. The Morgan fingerprint density at radius 2 is 2.29 bits per heavy atom. The number of aromatic amines is 1. The van der Waals surface area contributed by atoms with Crippen molar-refractivity contribution in [3.63, 3.8) is 0 Å². The van der Waals surface area contributed by atoms with Crippen molar-refractivity contribution in [2.24, 2.45) is 5.92 Å². The molecule has 0 amide bonds. The molecule has 3 rings (SSSR count). The van der Waals surface area contributed by atoms with Gasteiger partial charge in [0, 0.05) is 25.0 Å². The first kappa shape index (κ1) is 14.2. The summed E-state index contributed by atoms with van der Waals surface area (Å²) < 4.78 is 24.6. The molecule has 0 radical (unpaired) electrons. The summed E-state index contributed by atoms with van der Waals surface area (Å²) in [6, 6.07) is 3.78. The molecular formula is C13H17N5O2S. The molecule has 0 spiro atoms. The van der Waals surface area contributed by atoms with Gasteiger partial charge in [0.1, 0.15) is 6.33 Å². The lowest BCUT2D eigenvalue weighted by Gasteiger charge is -2.13. The van der Waals surface area contributed by atoms with Gasteiger partial charge in [0.15, 0.2) is 0 Å². The van der Waals surface area contributed by atoms with Gasteiger partial charge < -0.3 is 0 Å². The molecule has 1 fully saturated rings. The summed E-state index contributed by atoms with van der Waals surface area (Å²) in [5.41, 5.74) is 2.58. The molecule has 8 heteroatoms. The number of nitrogens with one attached hydrogen (secondary N) is 1. The molecule has 1 atom stereocenters. The van der Waals surface area contributed by atoms with Crippen LogP contribution in [0.15, 0.2) is 24.7 Å². The highest BCUT2D eigenvalue weighted by Gasteiger charge is 2.28. The van der Waals surface area contributed by atoms with Gasteiger partial charge in [-0.15, -0.1) is 0 Å². The third-order valence-corrected chi connectivity index (χ3v) is 4.99. The van der Waals surface area contributed by atoms with Crippen LogP contribution in [0.4, 0.5) is 0 Å². The minimum atomic E-state index is -3.08. The van der Waals surface area contributed by atoms with Crippen LogP contribution in [-0.2, 0) is 16.4 Å². The summed E-state index contributed by atoms with van der Waals surface area (Å²) in [6.45, 7) is 1.17. The van der Waals surface area contributed by atoms with Crippen molar-refractivity contribution in [3.8, 4) is 11.4 Å². The minimum Gasteiger partial charge on any atom is -0.276 e. The highest BCUT2D eigenvalue weighted by Crippen LogP contribution is 2.23. The van der Waals surface area contributed by atoms with E-state index in [0.29, 0.717) is 19.0 Å². The van der Waals surface area contributed by atoms with E-state index in [-0.39, 0.29) is 0 Å². The maximum Gasteiger partial charge on any atom is 0.211 e. The van der Waals surface area contributed by atoms with Crippen LogP contribution in [-0.4, -0.2) is 52.2 Å². The average Bonchev–Trinajstić information content (AvgIpc) is 3.09. The highest BCUT2D eigenvalue weighted by molar-refractivity contribution is 7.88. The molecule has 1 N–H and O–H groups in total. The Morgan fingerprint density at radius 3 is 2.95 bits per heavy atom. The SMILES string of the molecule is CS(=O)(=O)N1CC[C@@H](Cc2cc(-c3ccn[nH]3)ncn2)C1. The first-order valence-electron chi connectivity index (χ1n) is 6.78. The monoisotopic (exact) mass is 307 g/mol. The fraction of sp³-hybridized carbons (Fsp3) is 0.462. The zero-order valence-electron chi connectivity index (χ0n) is 11.7. The molecule has 0 bridgehead atoms. The van der Waals surface area contributed by atoms with Crippen molar-refractivity contribution < 1.29 is 8.42 Å². The molecule has 2 aromatic heterocycles. The number of nitrogens with zero attached hydrogens (tertiary/aromatic N) is 4. The molecule has 21 heavy (non-hydrogen) atoms. The first-order chi connectivity index (χ1) is 10.0. The van der Waals surface area contributed by atoms with Gasteiger partial charge in [-0.25, -0.2) is 22.7 Å². The lowest BCUT2D eigenvalue weighted by atomic mass is 10.0.